The topological polar surface area (TPSA) is 101 Å². The van der Waals surface area contributed by atoms with Gasteiger partial charge in [-0.1, -0.05) is 0 Å². The van der Waals surface area contributed by atoms with Crippen LogP contribution in [-0.4, -0.2) is 35.8 Å². The Balaban J connectivity index is 1.81. The fourth-order valence-electron chi connectivity index (χ4n) is 2.41. The number of nitrogens with two attached hydrogens (primary N) is 2. The van der Waals surface area contributed by atoms with Crippen LogP contribution in [-0.2, 0) is 9.59 Å². The number of hydrogen-bond donors (Lipinski definition) is 3. The van der Waals surface area contributed by atoms with Gasteiger partial charge in [0.2, 0.25) is 11.8 Å². The highest BCUT2D eigenvalue weighted by atomic mass is 16.2. The van der Waals surface area contributed by atoms with Crippen LogP contribution in [0.3, 0.4) is 0 Å². The van der Waals surface area contributed by atoms with Crippen LogP contribution in [0.25, 0.3) is 0 Å². The molecule has 6 nitrogen and oxygen atoms in total. The molecule has 2 rings (SSSR count). The molecule has 0 aromatic rings. The summed E-state index contributed by atoms with van der Waals surface area (Å²) in [7, 11) is 0. The van der Waals surface area contributed by atoms with Crippen LogP contribution in [0.4, 0.5) is 0 Å². The van der Waals surface area contributed by atoms with Crippen molar-refractivity contribution in [3.05, 3.63) is 0 Å². The first kappa shape index (κ1) is 11.3. The lowest BCUT2D eigenvalue weighted by atomic mass is 9.80. The van der Waals surface area contributed by atoms with Crippen LogP contribution < -0.4 is 17.0 Å². The Hall–Kier alpha value is -1.14. The highest BCUT2D eigenvalue weighted by Gasteiger charge is 2.39. The molecule has 16 heavy (non-hydrogen) atoms. The molecule has 1 saturated carbocycles. The summed E-state index contributed by atoms with van der Waals surface area (Å²) < 4.78 is 0. The second-order valence-electron chi connectivity index (χ2n) is 4.70. The third-order valence-corrected chi connectivity index (χ3v) is 3.63. The van der Waals surface area contributed by atoms with E-state index < -0.39 is 0 Å². The first-order valence-corrected chi connectivity index (χ1v) is 5.66. The van der Waals surface area contributed by atoms with E-state index in [2.05, 4.69) is 5.43 Å². The lowest BCUT2D eigenvalue weighted by Crippen LogP contribution is -2.50. The molecule has 1 aliphatic carbocycles. The average molecular weight is 226 g/mol. The molecular formula is C10H18N4O2. The molecule has 0 spiro atoms. The van der Waals surface area contributed by atoms with Gasteiger partial charge in [0.1, 0.15) is 0 Å². The summed E-state index contributed by atoms with van der Waals surface area (Å²) in [6.45, 7) is 1.15. The van der Waals surface area contributed by atoms with E-state index in [9.17, 15) is 9.59 Å². The maximum absolute atomic E-state index is 12.0. The number of rotatable bonds is 3. The molecule has 1 aliphatic heterocycles. The molecule has 1 atom stereocenters. The zero-order chi connectivity index (χ0) is 11.7. The minimum absolute atomic E-state index is 0.0766. The second kappa shape index (κ2) is 4.39. The third-order valence-electron chi connectivity index (χ3n) is 3.63. The quantitative estimate of drug-likeness (QED) is 0.405. The SMILES string of the molecule is NN[C@H]1C[C@@H](C(=O)N2CCC(C(N)=O)C2)C1. The van der Waals surface area contributed by atoms with E-state index in [1.165, 1.54) is 0 Å². The molecule has 1 heterocycles. The number of amides is 2. The van der Waals surface area contributed by atoms with E-state index >= 15 is 0 Å². The van der Waals surface area contributed by atoms with Crippen LogP contribution in [0, 0.1) is 11.8 Å². The number of carbonyl (C=O) groups is 2. The van der Waals surface area contributed by atoms with E-state index in [-0.39, 0.29) is 29.7 Å². The van der Waals surface area contributed by atoms with Gasteiger partial charge in [0.15, 0.2) is 0 Å². The molecule has 0 bridgehead atoms. The van der Waals surface area contributed by atoms with E-state index in [1.54, 1.807) is 4.90 Å². The van der Waals surface area contributed by atoms with Gasteiger partial charge in [-0.05, 0) is 19.3 Å². The summed E-state index contributed by atoms with van der Waals surface area (Å²) >= 11 is 0. The van der Waals surface area contributed by atoms with E-state index in [1.807, 2.05) is 0 Å². The largest absolute Gasteiger partial charge is 0.369 e. The monoisotopic (exact) mass is 226 g/mol. The van der Waals surface area contributed by atoms with Crippen molar-refractivity contribution in [2.75, 3.05) is 13.1 Å². The summed E-state index contributed by atoms with van der Waals surface area (Å²) in [4.78, 5) is 24.7. The van der Waals surface area contributed by atoms with Gasteiger partial charge in [0, 0.05) is 25.0 Å². The van der Waals surface area contributed by atoms with Crippen molar-refractivity contribution >= 4 is 11.8 Å². The van der Waals surface area contributed by atoms with Crippen molar-refractivity contribution in [3.8, 4) is 0 Å². The highest BCUT2D eigenvalue weighted by Crippen LogP contribution is 2.30. The van der Waals surface area contributed by atoms with Gasteiger partial charge in [0.25, 0.3) is 0 Å². The van der Waals surface area contributed by atoms with Gasteiger partial charge in [-0.25, -0.2) is 0 Å². The number of likely N-dealkylation sites (tertiary alicyclic amines) is 1. The van der Waals surface area contributed by atoms with E-state index in [4.69, 9.17) is 11.6 Å². The molecule has 6 heteroatoms. The lowest BCUT2D eigenvalue weighted by molar-refractivity contribution is -0.138. The number of primary amides is 1. The van der Waals surface area contributed by atoms with Crippen molar-refractivity contribution in [2.24, 2.45) is 23.4 Å². The molecule has 90 valence electrons. The van der Waals surface area contributed by atoms with Crippen molar-refractivity contribution < 1.29 is 9.59 Å². The molecule has 2 fully saturated rings. The maximum Gasteiger partial charge on any atom is 0.225 e. The summed E-state index contributed by atoms with van der Waals surface area (Å²) in [6.07, 6.45) is 2.30. The van der Waals surface area contributed by atoms with Crippen LogP contribution in [0.1, 0.15) is 19.3 Å². The van der Waals surface area contributed by atoms with E-state index in [0.717, 1.165) is 12.8 Å². The first-order chi connectivity index (χ1) is 7.61. The molecular weight excluding hydrogens is 208 g/mol. The number of hydrazine groups is 1. The number of carbonyl (C=O) groups excluding carboxylic acids is 2. The molecule has 5 N–H and O–H groups in total. The summed E-state index contributed by atoms with van der Waals surface area (Å²) in [5.74, 6) is 5.04. The van der Waals surface area contributed by atoms with Gasteiger partial charge in [-0.2, -0.15) is 0 Å². The maximum atomic E-state index is 12.0. The summed E-state index contributed by atoms with van der Waals surface area (Å²) in [5.41, 5.74) is 7.88. The molecule has 0 radical (unpaired) electrons. The fraction of sp³-hybridized carbons (Fsp3) is 0.800. The number of hydrogen-bond acceptors (Lipinski definition) is 4. The van der Waals surface area contributed by atoms with Gasteiger partial charge < -0.3 is 10.6 Å². The van der Waals surface area contributed by atoms with Gasteiger partial charge in [0.05, 0.1) is 5.92 Å². The van der Waals surface area contributed by atoms with Crippen LogP contribution in [0.15, 0.2) is 0 Å². The van der Waals surface area contributed by atoms with Crippen molar-refractivity contribution in [1.82, 2.24) is 10.3 Å². The standard InChI is InChI=1S/C10H18N4O2/c11-9(15)6-1-2-14(5-6)10(16)7-3-8(4-7)13-12/h6-8,13H,1-5,12H2,(H2,11,15)/t6?,7-,8+. The predicted molar refractivity (Wildman–Crippen MR) is 57.7 cm³/mol. The molecule has 0 aromatic carbocycles. The summed E-state index contributed by atoms with van der Waals surface area (Å²) in [5, 5.41) is 0. The van der Waals surface area contributed by atoms with Crippen molar-refractivity contribution in [1.29, 1.82) is 0 Å². The first-order valence-electron chi connectivity index (χ1n) is 5.66. The normalized spacial score (nSPS) is 33.6. The summed E-state index contributed by atoms with van der Waals surface area (Å²) in [6, 6.07) is 0.267. The van der Waals surface area contributed by atoms with Gasteiger partial charge in [-0.15, -0.1) is 0 Å². The van der Waals surface area contributed by atoms with Crippen LogP contribution in [0.2, 0.25) is 0 Å². The highest BCUT2D eigenvalue weighted by molar-refractivity contribution is 5.83. The van der Waals surface area contributed by atoms with Crippen molar-refractivity contribution in [3.63, 3.8) is 0 Å². The zero-order valence-electron chi connectivity index (χ0n) is 9.19. The van der Waals surface area contributed by atoms with Gasteiger partial charge >= 0.3 is 0 Å². The van der Waals surface area contributed by atoms with Crippen LogP contribution in [0.5, 0.6) is 0 Å². The Labute approximate surface area is 94.3 Å². The zero-order valence-corrected chi connectivity index (χ0v) is 9.19. The molecule has 2 amide bonds. The van der Waals surface area contributed by atoms with Crippen molar-refractivity contribution in [2.45, 2.75) is 25.3 Å². The second-order valence-corrected chi connectivity index (χ2v) is 4.70. The Morgan fingerprint density at radius 1 is 1.25 bits per heavy atom. The fourth-order valence-corrected chi connectivity index (χ4v) is 2.41. The minimum Gasteiger partial charge on any atom is -0.369 e. The van der Waals surface area contributed by atoms with Gasteiger partial charge in [-0.3, -0.25) is 20.9 Å². The Morgan fingerprint density at radius 2 is 1.94 bits per heavy atom. The molecule has 0 aromatic heterocycles. The predicted octanol–water partition coefficient (Wildman–Crippen LogP) is -1.44. The van der Waals surface area contributed by atoms with Crippen LogP contribution >= 0.6 is 0 Å². The number of nitrogens with zero attached hydrogens (tertiary/aromatic N) is 1. The average Bonchev–Trinajstić information content (AvgIpc) is 2.64. The number of nitrogens with one attached hydrogen (secondary N) is 1. The Bertz CT molecular complexity index is 301. The Kier molecular flexibility index (Phi) is 3.11. The minimum atomic E-state index is -0.301. The Morgan fingerprint density at radius 3 is 2.44 bits per heavy atom. The molecule has 2 aliphatic rings. The lowest BCUT2D eigenvalue weighted by Gasteiger charge is -2.35. The molecule has 1 unspecified atom stereocenters. The molecule has 1 saturated heterocycles. The smallest absolute Gasteiger partial charge is 0.225 e. The van der Waals surface area contributed by atoms with E-state index in [0.29, 0.717) is 19.5 Å². The third kappa shape index (κ3) is 2.03.